The predicted octanol–water partition coefficient (Wildman–Crippen LogP) is 5.29. The number of ether oxygens (including phenoxy) is 1. The van der Waals surface area contributed by atoms with Crippen LogP contribution >= 0.6 is 35.0 Å². The van der Waals surface area contributed by atoms with Crippen LogP contribution in [0.25, 0.3) is 0 Å². The minimum absolute atomic E-state index is 0.183. The van der Waals surface area contributed by atoms with Crippen molar-refractivity contribution in [3.63, 3.8) is 0 Å². The number of thioether (sulfide) groups is 1. The SMILES string of the molecule is CCOC(=O)c1cc(NC(=O)[C@H](C)Sc2ccc(Cl)cc2)ccc1Cl. The number of benzene rings is 2. The maximum absolute atomic E-state index is 12.4. The van der Waals surface area contributed by atoms with Gasteiger partial charge in [0.05, 0.1) is 22.4 Å². The van der Waals surface area contributed by atoms with Gasteiger partial charge in [-0.3, -0.25) is 4.79 Å². The topological polar surface area (TPSA) is 55.4 Å². The van der Waals surface area contributed by atoms with Crippen LogP contribution in [0.15, 0.2) is 47.4 Å². The van der Waals surface area contributed by atoms with Crippen LogP contribution in [0.1, 0.15) is 24.2 Å². The lowest BCUT2D eigenvalue weighted by atomic mass is 10.2. The molecule has 1 amide bonds. The van der Waals surface area contributed by atoms with Gasteiger partial charge >= 0.3 is 5.97 Å². The summed E-state index contributed by atoms with van der Waals surface area (Å²) >= 11 is 13.3. The van der Waals surface area contributed by atoms with E-state index >= 15 is 0 Å². The Bertz CT molecular complexity index is 765. The van der Waals surface area contributed by atoms with Gasteiger partial charge in [-0.15, -0.1) is 11.8 Å². The molecule has 7 heteroatoms. The van der Waals surface area contributed by atoms with Gasteiger partial charge in [-0.05, 0) is 56.3 Å². The van der Waals surface area contributed by atoms with Gasteiger partial charge < -0.3 is 10.1 Å². The molecule has 0 aromatic heterocycles. The van der Waals surface area contributed by atoms with Gasteiger partial charge in [0.2, 0.25) is 5.91 Å². The molecule has 0 saturated heterocycles. The number of esters is 1. The maximum atomic E-state index is 12.4. The monoisotopic (exact) mass is 397 g/mol. The summed E-state index contributed by atoms with van der Waals surface area (Å²) in [5.74, 6) is -0.704. The van der Waals surface area contributed by atoms with E-state index in [1.807, 2.05) is 12.1 Å². The molecule has 0 aliphatic heterocycles. The summed E-state index contributed by atoms with van der Waals surface area (Å²) < 4.78 is 4.95. The number of hydrogen-bond donors (Lipinski definition) is 1. The zero-order chi connectivity index (χ0) is 18.4. The molecule has 0 fully saturated rings. The van der Waals surface area contributed by atoms with E-state index in [1.54, 1.807) is 38.1 Å². The molecule has 0 saturated carbocycles. The van der Waals surface area contributed by atoms with Gasteiger partial charge in [0.1, 0.15) is 0 Å². The maximum Gasteiger partial charge on any atom is 0.339 e. The van der Waals surface area contributed by atoms with Crippen molar-refractivity contribution in [1.29, 1.82) is 0 Å². The zero-order valence-corrected chi connectivity index (χ0v) is 16.0. The highest BCUT2D eigenvalue weighted by molar-refractivity contribution is 8.00. The number of carbonyl (C=O) groups excluding carboxylic acids is 2. The van der Waals surface area contributed by atoms with E-state index in [2.05, 4.69) is 5.32 Å². The summed E-state index contributed by atoms with van der Waals surface area (Å²) in [5, 5.41) is 3.38. The van der Waals surface area contributed by atoms with Gasteiger partial charge in [0, 0.05) is 15.6 Å². The second kappa shape index (κ2) is 9.13. The van der Waals surface area contributed by atoms with Crippen molar-refractivity contribution in [2.75, 3.05) is 11.9 Å². The van der Waals surface area contributed by atoms with Crippen molar-refractivity contribution in [3.05, 3.63) is 58.1 Å². The molecule has 25 heavy (non-hydrogen) atoms. The number of halogens is 2. The summed E-state index contributed by atoms with van der Waals surface area (Å²) in [5.41, 5.74) is 0.709. The first kappa shape index (κ1) is 19.6. The molecule has 4 nitrogen and oxygen atoms in total. The molecule has 0 aliphatic carbocycles. The first-order valence-corrected chi connectivity index (χ1v) is 9.24. The molecule has 1 N–H and O–H groups in total. The Hall–Kier alpha value is -1.69. The third-order valence-corrected chi connectivity index (χ3v) is 4.92. The van der Waals surface area contributed by atoms with E-state index in [0.29, 0.717) is 10.7 Å². The molecule has 2 rings (SSSR count). The number of hydrogen-bond acceptors (Lipinski definition) is 4. The molecule has 2 aromatic carbocycles. The zero-order valence-electron chi connectivity index (χ0n) is 13.7. The fraction of sp³-hybridized carbons (Fsp3) is 0.222. The van der Waals surface area contributed by atoms with Gasteiger partial charge in [-0.25, -0.2) is 4.79 Å². The smallest absolute Gasteiger partial charge is 0.339 e. The average Bonchev–Trinajstić information content (AvgIpc) is 2.58. The molecule has 0 radical (unpaired) electrons. The molecule has 0 bridgehead atoms. The Morgan fingerprint density at radius 2 is 1.84 bits per heavy atom. The van der Waals surface area contributed by atoms with Gasteiger partial charge in [-0.1, -0.05) is 23.2 Å². The van der Waals surface area contributed by atoms with Crippen molar-refractivity contribution < 1.29 is 14.3 Å². The summed E-state index contributed by atoms with van der Waals surface area (Å²) in [6.07, 6.45) is 0. The van der Waals surface area contributed by atoms with E-state index in [-0.39, 0.29) is 28.4 Å². The predicted molar refractivity (Wildman–Crippen MR) is 103 cm³/mol. The lowest BCUT2D eigenvalue weighted by molar-refractivity contribution is -0.115. The molecule has 0 heterocycles. The Morgan fingerprint density at radius 1 is 1.16 bits per heavy atom. The van der Waals surface area contributed by atoms with Gasteiger partial charge in [-0.2, -0.15) is 0 Å². The second-order valence-electron chi connectivity index (χ2n) is 5.12. The number of amides is 1. The molecule has 1 atom stereocenters. The molecule has 0 unspecified atom stereocenters. The highest BCUT2D eigenvalue weighted by atomic mass is 35.5. The van der Waals surface area contributed by atoms with Crippen molar-refractivity contribution in [2.24, 2.45) is 0 Å². The van der Waals surface area contributed by atoms with Crippen LogP contribution in [0.2, 0.25) is 10.0 Å². The van der Waals surface area contributed by atoms with Crippen LogP contribution in [-0.4, -0.2) is 23.7 Å². The summed E-state index contributed by atoms with van der Waals surface area (Å²) in [6, 6.07) is 12.0. The molecular formula is C18H17Cl2NO3S. The lowest BCUT2D eigenvalue weighted by Crippen LogP contribution is -2.22. The highest BCUT2D eigenvalue weighted by Gasteiger charge is 2.17. The largest absolute Gasteiger partial charge is 0.462 e. The third-order valence-electron chi connectivity index (χ3n) is 3.22. The van der Waals surface area contributed by atoms with Crippen molar-refractivity contribution in [3.8, 4) is 0 Å². The third kappa shape index (κ3) is 5.66. The fourth-order valence-electron chi connectivity index (χ4n) is 1.98. The minimum atomic E-state index is -0.521. The molecule has 2 aromatic rings. The first-order valence-electron chi connectivity index (χ1n) is 7.60. The number of carbonyl (C=O) groups is 2. The molecule has 132 valence electrons. The molecule has 0 spiro atoms. The summed E-state index contributed by atoms with van der Waals surface area (Å²) in [6.45, 7) is 3.77. The highest BCUT2D eigenvalue weighted by Crippen LogP contribution is 2.26. The van der Waals surface area contributed by atoms with Crippen LogP contribution < -0.4 is 5.32 Å². The van der Waals surface area contributed by atoms with E-state index in [0.717, 1.165) is 4.90 Å². The summed E-state index contributed by atoms with van der Waals surface area (Å²) in [7, 11) is 0. The Labute approximate surface area is 160 Å². The second-order valence-corrected chi connectivity index (χ2v) is 7.38. The van der Waals surface area contributed by atoms with Crippen LogP contribution in [0.3, 0.4) is 0 Å². The van der Waals surface area contributed by atoms with E-state index < -0.39 is 5.97 Å². The normalized spacial score (nSPS) is 11.7. The van der Waals surface area contributed by atoms with Crippen molar-refractivity contribution in [1.82, 2.24) is 0 Å². The Kier molecular flexibility index (Phi) is 7.17. The van der Waals surface area contributed by atoms with Crippen LogP contribution in [0, 0.1) is 0 Å². The average molecular weight is 398 g/mol. The number of nitrogens with one attached hydrogen (secondary N) is 1. The van der Waals surface area contributed by atoms with Gasteiger partial charge in [0.25, 0.3) is 0 Å². The first-order chi connectivity index (χ1) is 11.9. The Morgan fingerprint density at radius 3 is 2.48 bits per heavy atom. The number of anilines is 1. The fourth-order valence-corrected chi connectivity index (χ4v) is 3.17. The van der Waals surface area contributed by atoms with Crippen LogP contribution in [0.5, 0.6) is 0 Å². The van der Waals surface area contributed by atoms with E-state index in [9.17, 15) is 9.59 Å². The standard InChI is InChI=1S/C18H17Cl2NO3S/c1-3-24-18(23)15-10-13(6-9-16(15)20)21-17(22)11(2)25-14-7-4-12(19)5-8-14/h4-11H,3H2,1-2H3,(H,21,22)/t11-/m0/s1. The van der Waals surface area contributed by atoms with Gasteiger partial charge in [0.15, 0.2) is 0 Å². The number of rotatable bonds is 6. The Balaban J connectivity index is 2.05. The van der Waals surface area contributed by atoms with Crippen molar-refractivity contribution in [2.45, 2.75) is 24.0 Å². The van der Waals surface area contributed by atoms with Crippen molar-refractivity contribution >= 4 is 52.5 Å². The quantitative estimate of drug-likeness (QED) is 0.531. The van der Waals surface area contributed by atoms with E-state index in [1.165, 1.54) is 17.8 Å². The van der Waals surface area contributed by atoms with Crippen LogP contribution in [-0.2, 0) is 9.53 Å². The van der Waals surface area contributed by atoms with Crippen LogP contribution in [0.4, 0.5) is 5.69 Å². The molecular weight excluding hydrogens is 381 g/mol. The lowest BCUT2D eigenvalue weighted by Gasteiger charge is -2.13. The minimum Gasteiger partial charge on any atom is -0.462 e. The van der Waals surface area contributed by atoms with E-state index in [4.69, 9.17) is 27.9 Å². The summed E-state index contributed by atoms with van der Waals surface area (Å²) in [4.78, 5) is 25.2. The molecule has 0 aliphatic rings.